The van der Waals surface area contributed by atoms with Crippen molar-refractivity contribution >= 4 is 22.6 Å². The number of nitrogens with one attached hydrogen (secondary N) is 2. The number of hydrogen-bond acceptors (Lipinski definition) is 4. The highest BCUT2D eigenvalue weighted by Crippen LogP contribution is 2.34. The fourth-order valence-corrected chi connectivity index (χ4v) is 4.18. The maximum Gasteiger partial charge on any atom is 0.282 e. The summed E-state index contributed by atoms with van der Waals surface area (Å²) in [5, 5.41) is 5.28. The second-order valence-electron chi connectivity index (χ2n) is 7.80. The van der Waals surface area contributed by atoms with E-state index >= 15 is 0 Å². The highest BCUT2D eigenvalue weighted by atomic mass is 35.5. The molecule has 2 N–H and O–H groups in total. The smallest absolute Gasteiger partial charge is 0.282 e. The summed E-state index contributed by atoms with van der Waals surface area (Å²) in [6, 6.07) is 17.0. The average molecular weight is 453 g/mol. The highest BCUT2D eigenvalue weighted by Gasteiger charge is 2.22. The van der Waals surface area contributed by atoms with E-state index in [4.69, 9.17) is 11.6 Å². The Kier molecular flexibility index (Phi) is 4.38. The predicted octanol–water partition coefficient (Wildman–Crippen LogP) is 5.23. The summed E-state index contributed by atoms with van der Waals surface area (Å²) in [4.78, 5) is 28.4. The molecule has 7 nitrogen and oxygen atoms in total. The Bertz CT molecular complexity index is 1610. The number of nitrogens with zero attached hydrogens (tertiary/aromatic N) is 4. The molecule has 0 atom stereocenters. The van der Waals surface area contributed by atoms with Crippen molar-refractivity contribution in [1.82, 2.24) is 29.7 Å². The van der Waals surface area contributed by atoms with Gasteiger partial charge in [-0.1, -0.05) is 35.9 Å². The maximum atomic E-state index is 13.1. The molecule has 0 saturated carbocycles. The zero-order valence-corrected chi connectivity index (χ0v) is 18.3. The summed E-state index contributed by atoms with van der Waals surface area (Å²) in [6.45, 7) is 1.97. The molecule has 2 aromatic carbocycles. The third-order valence-electron chi connectivity index (χ3n) is 5.72. The molecule has 4 aromatic rings. The van der Waals surface area contributed by atoms with Crippen molar-refractivity contribution in [3.63, 3.8) is 0 Å². The number of aromatic nitrogens is 6. The number of benzene rings is 2. The van der Waals surface area contributed by atoms with Crippen LogP contribution in [0.25, 0.3) is 50.5 Å². The molecule has 33 heavy (non-hydrogen) atoms. The predicted molar refractivity (Wildman–Crippen MR) is 129 cm³/mol. The molecule has 4 heterocycles. The molecule has 160 valence electrons. The third kappa shape index (κ3) is 3.21. The van der Waals surface area contributed by atoms with E-state index in [1.165, 1.54) is 4.68 Å². The van der Waals surface area contributed by atoms with Crippen LogP contribution in [-0.2, 0) is 0 Å². The van der Waals surface area contributed by atoms with Gasteiger partial charge in [-0.05, 0) is 42.8 Å². The van der Waals surface area contributed by atoms with E-state index in [1.807, 2.05) is 37.3 Å². The van der Waals surface area contributed by atoms with Crippen LogP contribution >= 0.6 is 11.6 Å². The van der Waals surface area contributed by atoms with Crippen LogP contribution in [0.5, 0.6) is 0 Å². The van der Waals surface area contributed by atoms with Crippen LogP contribution in [-0.4, -0.2) is 29.7 Å². The molecular weight excluding hydrogens is 436 g/mol. The lowest BCUT2D eigenvalue weighted by Gasteiger charge is -2.10. The van der Waals surface area contributed by atoms with E-state index in [0.29, 0.717) is 22.0 Å². The SMILES string of the molecule is Cc1[nH]cc2c(=O)n(-c3ccc(Cl)cc3)nc-2c1-c1ccc(-c2nc3ccncc3[nH]2)cc1. The Morgan fingerprint density at radius 2 is 1.73 bits per heavy atom. The van der Waals surface area contributed by atoms with Gasteiger partial charge in [0.25, 0.3) is 5.56 Å². The number of aromatic amines is 2. The van der Waals surface area contributed by atoms with Gasteiger partial charge in [0.1, 0.15) is 11.5 Å². The number of aryl methyl sites for hydroxylation is 1. The van der Waals surface area contributed by atoms with Crippen molar-refractivity contribution in [3.8, 4) is 39.5 Å². The van der Waals surface area contributed by atoms with Crippen LogP contribution in [0.1, 0.15) is 5.69 Å². The van der Waals surface area contributed by atoms with Crippen LogP contribution in [0, 0.1) is 6.92 Å². The Balaban J connectivity index is 1.45. The minimum absolute atomic E-state index is 0.183. The molecule has 0 saturated heterocycles. The molecule has 0 amide bonds. The average Bonchev–Trinajstić information content (AvgIpc) is 3.41. The lowest BCUT2D eigenvalue weighted by molar-refractivity contribution is 0.858. The van der Waals surface area contributed by atoms with Crippen molar-refractivity contribution < 1.29 is 0 Å². The molecular formula is C25H17ClN6O. The number of pyridine rings is 2. The van der Waals surface area contributed by atoms with Gasteiger partial charge in [-0.3, -0.25) is 9.78 Å². The molecule has 2 aromatic heterocycles. The number of rotatable bonds is 3. The van der Waals surface area contributed by atoms with E-state index in [1.54, 1.807) is 42.9 Å². The van der Waals surface area contributed by atoms with Crippen molar-refractivity contribution in [2.45, 2.75) is 6.92 Å². The number of H-pyrrole nitrogens is 2. The van der Waals surface area contributed by atoms with Gasteiger partial charge in [0.2, 0.25) is 0 Å². The van der Waals surface area contributed by atoms with E-state index in [2.05, 4.69) is 25.0 Å². The fraction of sp³-hybridized carbons (Fsp3) is 0.0400. The van der Waals surface area contributed by atoms with Gasteiger partial charge in [0.05, 0.1) is 28.5 Å². The number of imidazole rings is 1. The molecule has 0 aliphatic carbocycles. The van der Waals surface area contributed by atoms with Crippen LogP contribution in [0.4, 0.5) is 0 Å². The number of fused-ring (bicyclic) bond motifs is 2. The second-order valence-corrected chi connectivity index (χ2v) is 8.24. The monoisotopic (exact) mass is 452 g/mol. The van der Waals surface area contributed by atoms with Gasteiger partial charge in [-0.25, -0.2) is 4.98 Å². The lowest BCUT2D eigenvalue weighted by atomic mass is 9.98. The Morgan fingerprint density at radius 1 is 0.970 bits per heavy atom. The summed E-state index contributed by atoms with van der Waals surface area (Å²) in [6.07, 6.45) is 5.20. The first-order chi connectivity index (χ1) is 16.1. The summed E-state index contributed by atoms with van der Waals surface area (Å²) < 4.78 is 1.41. The van der Waals surface area contributed by atoms with Gasteiger partial charge in [0, 0.05) is 34.2 Å². The van der Waals surface area contributed by atoms with E-state index in [-0.39, 0.29) is 5.56 Å². The molecule has 0 unspecified atom stereocenters. The molecule has 6 rings (SSSR count). The van der Waals surface area contributed by atoms with Gasteiger partial charge in [-0.15, -0.1) is 0 Å². The van der Waals surface area contributed by atoms with E-state index in [9.17, 15) is 4.79 Å². The zero-order valence-electron chi connectivity index (χ0n) is 17.5. The quantitative estimate of drug-likeness (QED) is 0.384. The fourth-order valence-electron chi connectivity index (χ4n) is 4.06. The van der Waals surface area contributed by atoms with Crippen molar-refractivity contribution in [2.24, 2.45) is 0 Å². The van der Waals surface area contributed by atoms with Crippen LogP contribution in [0.15, 0.2) is 78.0 Å². The number of hydrogen-bond donors (Lipinski definition) is 2. The molecule has 0 bridgehead atoms. The second kappa shape index (κ2) is 7.43. The van der Waals surface area contributed by atoms with Crippen LogP contribution in [0.3, 0.4) is 0 Å². The summed E-state index contributed by atoms with van der Waals surface area (Å²) in [5.74, 6) is 0.778. The van der Waals surface area contributed by atoms with Gasteiger partial charge in [0.15, 0.2) is 0 Å². The van der Waals surface area contributed by atoms with Gasteiger partial charge < -0.3 is 9.97 Å². The minimum Gasteiger partial charge on any atom is -0.364 e. The third-order valence-corrected chi connectivity index (χ3v) is 5.98. The standard InChI is InChI=1S/C25H17ClN6O/c1-14-22(15-2-4-16(5-3-15)24-29-20-10-11-27-13-21(20)30-24)23-19(12-28-14)25(33)32(31-23)18-8-6-17(26)7-9-18/h2-13,28H,1H3,(H,29,30). The molecule has 2 aliphatic rings. The van der Waals surface area contributed by atoms with E-state index in [0.717, 1.165) is 39.2 Å². The first kappa shape index (κ1) is 19.5. The topological polar surface area (TPSA) is 92.2 Å². The first-order valence-electron chi connectivity index (χ1n) is 10.4. The zero-order chi connectivity index (χ0) is 22.5. The summed E-state index contributed by atoms with van der Waals surface area (Å²) in [7, 11) is 0. The van der Waals surface area contributed by atoms with E-state index < -0.39 is 0 Å². The molecule has 2 aliphatic heterocycles. The summed E-state index contributed by atoms with van der Waals surface area (Å²) in [5.41, 5.74) is 7.14. The number of halogens is 1. The van der Waals surface area contributed by atoms with Crippen LogP contribution < -0.4 is 5.56 Å². The Labute approximate surface area is 193 Å². The molecule has 8 heteroatoms. The van der Waals surface area contributed by atoms with Crippen molar-refractivity contribution in [2.75, 3.05) is 0 Å². The lowest BCUT2D eigenvalue weighted by Crippen LogP contribution is -2.14. The van der Waals surface area contributed by atoms with Crippen molar-refractivity contribution in [3.05, 3.63) is 94.3 Å². The minimum atomic E-state index is -0.183. The molecule has 0 radical (unpaired) electrons. The normalized spacial score (nSPS) is 11.5. The Hall–Kier alpha value is -4.23. The van der Waals surface area contributed by atoms with Crippen molar-refractivity contribution in [1.29, 1.82) is 0 Å². The molecule has 0 spiro atoms. The highest BCUT2D eigenvalue weighted by molar-refractivity contribution is 6.30. The largest absolute Gasteiger partial charge is 0.364 e. The van der Waals surface area contributed by atoms with Gasteiger partial charge in [-0.2, -0.15) is 9.78 Å². The molecule has 0 fully saturated rings. The summed E-state index contributed by atoms with van der Waals surface area (Å²) >= 11 is 6.00. The maximum absolute atomic E-state index is 13.1. The van der Waals surface area contributed by atoms with Crippen LogP contribution in [0.2, 0.25) is 5.02 Å². The van der Waals surface area contributed by atoms with Gasteiger partial charge >= 0.3 is 0 Å². The first-order valence-corrected chi connectivity index (χ1v) is 10.7. The Morgan fingerprint density at radius 3 is 2.48 bits per heavy atom.